The van der Waals surface area contributed by atoms with E-state index >= 15 is 0 Å². The van der Waals surface area contributed by atoms with Gasteiger partial charge in [-0.2, -0.15) is 0 Å². The normalized spacial score (nSPS) is 28.3. The first-order valence-electron chi connectivity index (χ1n) is 12.6. The SMILES string of the molecule is CC(=Cc1csc(C)n1)C1CCC/C=C\CCCCCCC(C)C(C)(C)C(C)(C)N1C. The molecule has 0 saturated heterocycles. The number of hydrogen-bond acceptors (Lipinski definition) is 3. The quantitative estimate of drug-likeness (QED) is 0.424. The third-order valence-corrected chi connectivity index (χ3v) is 9.26. The smallest absolute Gasteiger partial charge is 0.0901 e. The van der Waals surface area contributed by atoms with Crippen molar-refractivity contribution in [2.24, 2.45) is 11.3 Å². The second kappa shape index (κ2) is 11.8. The second-order valence-electron chi connectivity index (χ2n) is 10.9. The van der Waals surface area contributed by atoms with E-state index in [-0.39, 0.29) is 11.0 Å². The molecule has 2 unspecified atom stereocenters. The molecule has 0 spiro atoms. The molecule has 3 heteroatoms. The van der Waals surface area contributed by atoms with E-state index in [4.69, 9.17) is 4.98 Å². The fraction of sp³-hybridized carbons (Fsp3) is 0.750. The summed E-state index contributed by atoms with van der Waals surface area (Å²) in [5.41, 5.74) is 2.88. The number of aryl methyl sites for hydroxylation is 1. The number of rotatable bonds is 2. The third-order valence-electron chi connectivity index (χ3n) is 8.47. The van der Waals surface area contributed by atoms with Gasteiger partial charge < -0.3 is 0 Å². The van der Waals surface area contributed by atoms with Gasteiger partial charge in [-0.25, -0.2) is 4.98 Å². The summed E-state index contributed by atoms with van der Waals surface area (Å²) in [6.45, 7) is 16.8. The Bertz CT molecular complexity index is 725. The van der Waals surface area contributed by atoms with Crippen molar-refractivity contribution in [2.75, 3.05) is 7.05 Å². The van der Waals surface area contributed by atoms with Crippen LogP contribution in [0.2, 0.25) is 0 Å². The van der Waals surface area contributed by atoms with Gasteiger partial charge in [0.2, 0.25) is 0 Å². The topological polar surface area (TPSA) is 16.1 Å². The molecule has 0 N–H and O–H groups in total. The zero-order valence-corrected chi connectivity index (χ0v) is 22.4. The number of likely N-dealkylation sites (N-methyl/N-ethyl adjacent to an activating group) is 1. The number of hydrogen-bond donors (Lipinski definition) is 0. The van der Waals surface area contributed by atoms with Crippen LogP contribution in [0.1, 0.15) is 110 Å². The Balaban J connectivity index is 2.33. The van der Waals surface area contributed by atoms with E-state index in [0.29, 0.717) is 12.0 Å². The fourth-order valence-electron chi connectivity index (χ4n) is 5.04. The molecular formula is C28H48N2S. The monoisotopic (exact) mass is 444 g/mol. The van der Waals surface area contributed by atoms with Crippen molar-refractivity contribution in [2.45, 2.75) is 118 Å². The van der Waals surface area contributed by atoms with Gasteiger partial charge in [0.15, 0.2) is 0 Å². The highest BCUT2D eigenvalue weighted by atomic mass is 32.1. The predicted molar refractivity (Wildman–Crippen MR) is 140 cm³/mol. The standard InChI is InChI=1S/C28H48N2S/c1-22(20-25-21-31-24(3)29-25)26-19-17-15-13-11-9-10-12-14-16-18-23(2)27(4,5)28(6,7)30(26)8/h11,13,20-21,23,26H,9-10,12,14-19H2,1-8H3/b13-11-,22-20?. The first-order chi connectivity index (χ1) is 14.6. The second-order valence-corrected chi connectivity index (χ2v) is 11.9. The Morgan fingerprint density at radius 2 is 1.68 bits per heavy atom. The number of nitrogens with zero attached hydrogens (tertiary/aromatic N) is 2. The summed E-state index contributed by atoms with van der Waals surface area (Å²) >= 11 is 1.74. The fourth-order valence-corrected chi connectivity index (χ4v) is 5.61. The predicted octanol–water partition coefficient (Wildman–Crippen LogP) is 8.68. The molecule has 0 aliphatic carbocycles. The van der Waals surface area contributed by atoms with Gasteiger partial charge in [-0.3, -0.25) is 4.90 Å². The van der Waals surface area contributed by atoms with E-state index in [9.17, 15) is 0 Å². The Morgan fingerprint density at radius 1 is 1.03 bits per heavy atom. The molecule has 0 saturated carbocycles. The zero-order chi connectivity index (χ0) is 23.1. The van der Waals surface area contributed by atoms with Crippen molar-refractivity contribution in [1.82, 2.24) is 9.88 Å². The van der Waals surface area contributed by atoms with Gasteiger partial charge in [0, 0.05) is 17.0 Å². The lowest BCUT2D eigenvalue weighted by Crippen LogP contribution is -2.58. The van der Waals surface area contributed by atoms with E-state index in [1.165, 1.54) is 63.4 Å². The average molecular weight is 445 g/mol. The minimum atomic E-state index is 0.0943. The first-order valence-corrected chi connectivity index (χ1v) is 13.4. The molecule has 0 amide bonds. The molecule has 1 aliphatic rings. The van der Waals surface area contributed by atoms with E-state index in [1.807, 2.05) is 0 Å². The summed E-state index contributed by atoms with van der Waals surface area (Å²) in [4.78, 5) is 7.39. The van der Waals surface area contributed by atoms with Gasteiger partial charge in [0.1, 0.15) is 0 Å². The maximum Gasteiger partial charge on any atom is 0.0901 e. The molecule has 2 heterocycles. The molecule has 31 heavy (non-hydrogen) atoms. The Kier molecular flexibility index (Phi) is 10.0. The van der Waals surface area contributed by atoms with Crippen LogP contribution in [0.15, 0.2) is 23.1 Å². The molecule has 176 valence electrons. The highest BCUT2D eigenvalue weighted by molar-refractivity contribution is 7.09. The molecule has 1 aromatic heterocycles. The van der Waals surface area contributed by atoms with Gasteiger partial charge in [-0.15, -0.1) is 11.3 Å². The minimum Gasteiger partial charge on any atom is -0.294 e. The van der Waals surface area contributed by atoms with Crippen molar-refractivity contribution in [3.8, 4) is 0 Å². The molecule has 0 aromatic carbocycles. The van der Waals surface area contributed by atoms with Crippen LogP contribution in [0.5, 0.6) is 0 Å². The van der Waals surface area contributed by atoms with Crippen LogP contribution in [0, 0.1) is 18.3 Å². The van der Waals surface area contributed by atoms with Crippen LogP contribution in [0.25, 0.3) is 6.08 Å². The summed E-state index contributed by atoms with van der Waals surface area (Å²) in [6, 6.07) is 0.435. The number of thiazole rings is 1. The van der Waals surface area contributed by atoms with E-state index in [2.05, 4.69) is 84.0 Å². The molecule has 1 aliphatic heterocycles. The Hall–Kier alpha value is -0.930. The van der Waals surface area contributed by atoms with Gasteiger partial charge in [-0.1, -0.05) is 64.2 Å². The third kappa shape index (κ3) is 7.02. The molecule has 2 nitrogen and oxygen atoms in total. The first kappa shape index (κ1) is 26.3. The maximum atomic E-state index is 4.70. The number of allylic oxidation sites excluding steroid dienone is 2. The van der Waals surface area contributed by atoms with Gasteiger partial charge in [0.25, 0.3) is 0 Å². The molecule has 0 radical (unpaired) electrons. The lowest BCUT2D eigenvalue weighted by atomic mass is 9.64. The van der Waals surface area contributed by atoms with Crippen LogP contribution in [0.3, 0.4) is 0 Å². The maximum absolute atomic E-state index is 4.70. The van der Waals surface area contributed by atoms with Crippen LogP contribution < -0.4 is 0 Å². The van der Waals surface area contributed by atoms with Gasteiger partial charge in [-0.05, 0) is 84.3 Å². The molecule has 0 fully saturated rings. The lowest BCUT2D eigenvalue weighted by molar-refractivity contribution is -0.0275. The zero-order valence-electron chi connectivity index (χ0n) is 21.6. The van der Waals surface area contributed by atoms with Crippen molar-refractivity contribution >= 4 is 17.4 Å². The van der Waals surface area contributed by atoms with Crippen molar-refractivity contribution in [3.05, 3.63) is 33.8 Å². The lowest BCUT2D eigenvalue weighted by Gasteiger charge is -2.54. The highest BCUT2D eigenvalue weighted by Gasteiger charge is 2.45. The largest absolute Gasteiger partial charge is 0.294 e. The molecule has 0 bridgehead atoms. The molecular weight excluding hydrogens is 396 g/mol. The molecule has 2 rings (SSSR count). The minimum absolute atomic E-state index is 0.0943. The molecule has 1 aromatic rings. The van der Waals surface area contributed by atoms with Crippen LogP contribution in [-0.2, 0) is 0 Å². The highest BCUT2D eigenvalue weighted by Crippen LogP contribution is 2.45. The summed E-state index contributed by atoms with van der Waals surface area (Å²) < 4.78 is 0. The average Bonchev–Trinajstić information content (AvgIpc) is 3.11. The summed E-state index contributed by atoms with van der Waals surface area (Å²) in [6.07, 6.45) is 18.8. The number of aromatic nitrogens is 1. The van der Waals surface area contributed by atoms with E-state index < -0.39 is 0 Å². The van der Waals surface area contributed by atoms with Crippen molar-refractivity contribution in [1.29, 1.82) is 0 Å². The van der Waals surface area contributed by atoms with Crippen molar-refractivity contribution in [3.63, 3.8) is 0 Å². The van der Waals surface area contributed by atoms with E-state index in [0.717, 1.165) is 10.7 Å². The van der Waals surface area contributed by atoms with Crippen LogP contribution >= 0.6 is 11.3 Å². The summed E-state index contributed by atoms with van der Waals surface area (Å²) in [7, 11) is 2.36. The van der Waals surface area contributed by atoms with Crippen LogP contribution in [0.4, 0.5) is 0 Å². The van der Waals surface area contributed by atoms with Crippen LogP contribution in [-0.4, -0.2) is 28.5 Å². The summed E-state index contributed by atoms with van der Waals surface area (Å²) in [5.74, 6) is 0.698. The summed E-state index contributed by atoms with van der Waals surface area (Å²) in [5, 5.41) is 3.33. The van der Waals surface area contributed by atoms with Gasteiger partial charge >= 0.3 is 0 Å². The van der Waals surface area contributed by atoms with E-state index in [1.54, 1.807) is 11.3 Å². The van der Waals surface area contributed by atoms with Crippen molar-refractivity contribution < 1.29 is 0 Å². The van der Waals surface area contributed by atoms with Gasteiger partial charge in [0.05, 0.1) is 10.7 Å². The Morgan fingerprint density at radius 3 is 2.32 bits per heavy atom. The molecule has 2 atom stereocenters. The Labute approximate surface area is 197 Å².